The fourth-order valence-electron chi connectivity index (χ4n) is 3.28. The van der Waals surface area contributed by atoms with E-state index in [1.54, 1.807) is 13.8 Å². The number of hydrogen-bond acceptors (Lipinski definition) is 5. The third-order valence-electron chi connectivity index (χ3n) is 4.61. The third-order valence-corrected chi connectivity index (χ3v) is 7.75. The van der Waals surface area contributed by atoms with E-state index in [0.717, 1.165) is 16.8 Å². The summed E-state index contributed by atoms with van der Waals surface area (Å²) in [5, 5.41) is 0. The monoisotopic (exact) mass is 417 g/mol. The van der Waals surface area contributed by atoms with Gasteiger partial charge in [0.1, 0.15) is 5.78 Å². The normalized spacial score (nSPS) is 14.8. The van der Waals surface area contributed by atoms with Gasteiger partial charge in [-0.3, -0.25) is 9.56 Å². The molecule has 0 aromatic heterocycles. The second kappa shape index (κ2) is 10.8. The van der Waals surface area contributed by atoms with Crippen LogP contribution in [0.5, 0.6) is 0 Å². The molecule has 158 valence electrons. The topological polar surface area (TPSA) is 57.1 Å². The molecule has 2 atom stereocenters. The van der Waals surface area contributed by atoms with Gasteiger partial charge in [0.15, 0.2) is 0 Å². The van der Waals surface area contributed by atoms with Crippen LogP contribution >= 0.6 is 7.37 Å². The lowest BCUT2D eigenvalue weighted by atomic mass is 10.0. The first-order valence-corrected chi connectivity index (χ1v) is 11.8. The van der Waals surface area contributed by atoms with Crippen LogP contribution < -0.4 is 0 Å². The Bertz CT molecular complexity index is 776. The van der Waals surface area contributed by atoms with Crippen LogP contribution in [0.15, 0.2) is 65.7 Å². The zero-order valence-electron chi connectivity index (χ0n) is 18.0. The fraction of sp³-hybridized carbons (Fsp3) is 0.435. The maximum atomic E-state index is 14.1. The first kappa shape index (κ1) is 23.5. The molecular formula is C23H32NO4P. The molecule has 0 saturated heterocycles. The van der Waals surface area contributed by atoms with Gasteiger partial charge in [0.25, 0.3) is 7.37 Å². The van der Waals surface area contributed by atoms with Gasteiger partial charge in [-0.2, -0.15) is 0 Å². The van der Waals surface area contributed by atoms with E-state index >= 15 is 0 Å². The van der Waals surface area contributed by atoms with Gasteiger partial charge in [0, 0.05) is 24.3 Å². The van der Waals surface area contributed by atoms with E-state index in [2.05, 4.69) is 0 Å². The second-order valence-electron chi connectivity index (χ2n) is 6.62. The molecule has 2 aromatic rings. The van der Waals surface area contributed by atoms with Crippen molar-refractivity contribution in [1.29, 1.82) is 0 Å². The summed E-state index contributed by atoms with van der Waals surface area (Å²) in [5.41, 5.74) is 1.29. The van der Waals surface area contributed by atoms with Crippen LogP contribution in [-0.4, -0.2) is 36.8 Å². The first-order chi connectivity index (χ1) is 13.9. The minimum absolute atomic E-state index is 0.277. The van der Waals surface area contributed by atoms with Crippen LogP contribution in [0.1, 0.15) is 45.7 Å². The van der Waals surface area contributed by atoms with Crippen molar-refractivity contribution in [2.75, 3.05) is 19.8 Å². The van der Waals surface area contributed by atoms with Crippen LogP contribution in [0.25, 0.3) is 0 Å². The molecule has 5 nitrogen and oxygen atoms in total. The van der Waals surface area contributed by atoms with Gasteiger partial charge in [0.05, 0.1) is 12.3 Å². The van der Waals surface area contributed by atoms with Crippen molar-refractivity contribution in [3.05, 3.63) is 71.8 Å². The van der Waals surface area contributed by atoms with E-state index in [9.17, 15) is 4.57 Å². The lowest BCUT2D eigenvalue weighted by molar-refractivity contribution is -0.168. The summed E-state index contributed by atoms with van der Waals surface area (Å²) in [6.07, 6.45) is 0. The Labute approximate surface area is 174 Å². The van der Waals surface area contributed by atoms with Gasteiger partial charge in [-0.15, -0.1) is 0 Å². The number of ether oxygens (including phenoxy) is 2. The molecule has 0 fully saturated rings. The molecule has 29 heavy (non-hydrogen) atoms. The molecule has 0 aliphatic carbocycles. The van der Waals surface area contributed by atoms with Gasteiger partial charge in [-0.25, -0.2) is 0 Å². The van der Waals surface area contributed by atoms with E-state index in [1.165, 1.54) is 0 Å². The van der Waals surface area contributed by atoms with Crippen molar-refractivity contribution >= 4 is 13.1 Å². The first-order valence-electron chi connectivity index (χ1n) is 10.1. The zero-order valence-corrected chi connectivity index (χ0v) is 18.9. The predicted molar refractivity (Wildman–Crippen MR) is 119 cm³/mol. The predicted octanol–water partition coefficient (Wildman–Crippen LogP) is 5.93. The lowest BCUT2D eigenvalue weighted by Gasteiger charge is -2.38. The Hall–Kier alpha value is -1.78. The quantitative estimate of drug-likeness (QED) is 0.258. The Morgan fingerprint density at radius 1 is 0.897 bits per heavy atom. The molecule has 0 bridgehead atoms. The van der Waals surface area contributed by atoms with Crippen LogP contribution in [0.3, 0.4) is 0 Å². The van der Waals surface area contributed by atoms with Crippen molar-refractivity contribution in [3.8, 4) is 0 Å². The van der Waals surface area contributed by atoms with E-state index < -0.39 is 18.7 Å². The largest absolute Gasteiger partial charge is 0.342 e. The number of rotatable bonds is 11. The summed E-state index contributed by atoms with van der Waals surface area (Å²) in [6, 6.07) is 19.8. The molecule has 0 aliphatic rings. The molecule has 0 spiro atoms. The van der Waals surface area contributed by atoms with E-state index in [-0.39, 0.29) is 6.61 Å². The maximum Gasteiger partial charge on any atom is 0.283 e. The van der Waals surface area contributed by atoms with Gasteiger partial charge < -0.3 is 14.0 Å². The number of nitrogens with zero attached hydrogens (tertiary/aromatic N) is 1. The molecule has 0 heterocycles. The summed E-state index contributed by atoms with van der Waals surface area (Å²) < 4.78 is 31.6. The summed E-state index contributed by atoms with van der Waals surface area (Å²) >= 11 is 0. The van der Waals surface area contributed by atoms with E-state index in [1.807, 2.05) is 81.4 Å². The summed E-state index contributed by atoms with van der Waals surface area (Å²) in [4.78, 5) is 4.91. The van der Waals surface area contributed by atoms with Crippen molar-refractivity contribution in [2.45, 2.75) is 45.9 Å². The standard InChI is InChI=1S/C23H32NO4P/c1-6-26-23(5,27-7-2)29(25,28-8-3)19(4)24-22(20-15-11-9-12-16-20)21-17-13-10-14-18-21/h9-19H,6-8H2,1-5H3/t19-,29?/m0/s1. The minimum Gasteiger partial charge on any atom is -0.342 e. The summed E-state index contributed by atoms with van der Waals surface area (Å²) in [5.74, 6) is -0.666. The fourth-order valence-corrected chi connectivity index (χ4v) is 5.68. The minimum atomic E-state index is -3.49. The molecule has 1 unspecified atom stereocenters. The SMILES string of the molecule is CCOC(C)(OCC)P(=O)(OCC)[C@@H](C)N=C(c1ccccc1)c1ccccc1. The van der Waals surface area contributed by atoms with E-state index in [4.69, 9.17) is 19.0 Å². The number of aliphatic imine (C=N–C) groups is 1. The lowest BCUT2D eigenvalue weighted by Crippen LogP contribution is -2.36. The van der Waals surface area contributed by atoms with Gasteiger partial charge >= 0.3 is 0 Å². The molecular weight excluding hydrogens is 385 g/mol. The van der Waals surface area contributed by atoms with Gasteiger partial charge in [0.2, 0.25) is 5.53 Å². The third kappa shape index (κ3) is 5.43. The number of hydrogen-bond donors (Lipinski definition) is 0. The molecule has 0 aliphatic heterocycles. The molecule has 0 radical (unpaired) electrons. The summed E-state index contributed by atoms with van der Waals surface area (Å²) in [7, 11) is -3.49. The Morgan fingerprint density at radius 2 is 1.34 bits per heavy atom. The van der Waals surface area contributed by atoms with Crippen molar-refractivity contribution in [1.82, 2.24) is 0 Å². The smallest absolute Gasteiger partial charge is 0.283 e. The molecule has 2 aromatic carbocycles. The average molecular weight is 417 g/mol. The van der Waals surface area contributed by atoms with Crippen LogP contribution in [0.4, 0.5) is 0 Å². The Balaban J connectivity index is 2.59. The van der Waals surface area contributed by atoms with Crippen molar-refractivity contribution < 1.29 is 18.6 Å². The molecule has 2 rings (SSSR count). The maximum absolute atomic E-state index is 14.1. The highest BCUT2D eigenvalue weighted by atomic mass is 31.2. The van der Waals surface area contributed by atoms with Gasteiger partial charge in [-0.05, 0) is 34.6 Å². The molecule has 0 amide bonds. The second-order valence-corrected chi connectivity index (χ2v) is 9.63. The van der Waals surface area contributed by atoms with Crippen LogP contribution in [-0.2, 0) is 18.6 Å². The molecule has 6 heteroatoms. The highest BCUT2D eigenvalue weighted by Gasteiger charge is 2.52. The van der Waals surface area contributed by atoms with E-state index in [0.29, 0.717) is 13.2 Å². The van der Waals surface area contributed by atoms with Gasteiger partial charge in [-0.1, -0.05) is 60.7 Å². The highest BCUT2D eigenvalue weighted by molar-refractivity contribution is 7.61. The van der Waals surface area contributed by atoms with Crippen molar-refractivity contribution in [2.24, 2.45) is 4.99 Å². The Kier molecular flexibility index (Phi) is 8.79. The van der Waals surface area contributed by atoms with Crippen LogP contribution in [0.2, 0.25) is 0 Å². The Morgan fingerprint density at radius 3 is 1.72 bits per heavy atom. The summed E-state index contributed by atoms with van der Waals surface area (Å²) in [6.45, 7) is 9.99. The van der Waals surface area contributed by atoms with Crippen LogP contribution in [0, 0.1) is 0 Å². The number of benzene rings is 2. The van der Waals surface area contributed by atoms with Crippen molar-refractivity contribution in [3.63, 3.8) is 0 Å². The molecule has 0 N–H and O–H groups in total. The zero-order chi connectivity index (χ0) is 21.3. The average Bonchev–Trinajstić information content (AvgIpc) is 2.73. The highest BCUT2D eigenvalue weighted by Crippen LogP contribution is 2.64. The molecule has 0 saturated carbocycles.